The molecular formula is C14H21N2O2+. The predicted molar refractivity (Wildman–Crippen MR) is 71.7 cm³/mol. The summed E-state index contributed by atoms with van der Waals surface area (Å²) in [4.78, 5) is 3.14. The fourth-order valence-electron chi connectivity index (χ4n) is 1.87. The number of ether oxygens (including phenoxy) is 1. The number of benzene rings is 1. The molecule has 4 nitrogen and oxygen atoms in total. The molecule has 0 amide bonds. The first-order valence-electron chi connectivity index (χ1n) is 6.37. The van der Waals surface area contributed by atoms with Gasteiger partial charge in [-0.2, -0.15) is 0 Å². The Labute approximate surface area is 107 Å². The van der Waals surface area contributed by atoms with Crippen molar-refractivity contribution in [2.75, 3.05) is 13.2 Å². The minimum absolute atomic E-state index is 0.327. The summed E-state index contributed by atoms with van der Waals surface area (Å²) in [6, 6.07) is 8.35. The Bertz CT molecular complexity index is 493. The number of hydrogen-bond acceptors (Lipinski definition) is 2. The molecule has 1 atom stereocenters. The van der Waals surface area contributed by atoms with Gasteiger partial charge in [0, 0.05) is 17.1 Å². The quantitative estimate of drug-likeness (QED) is 0.711. The Hall–Kier alpha value is -1.52. The highest BCUT2D eigenvalue weighted by Gasteiger charge is 2.10. The molecule has 4 N–H and O–H groups in total. The van der Waals surface area contributed by atoms with E-state index in [2.05, 4.69) is 24.1 Å². The van der Waals surface area contributed by atoms with E-state index in [0.717, 1.165) is 16.7 Å². The molecule has 0 bridgehead atoms. The summed E-state index contributed by atoms with van der Waals surface area (Å²) >= 11 is 0. The topological polar surface area (TPSA) is 61.9 Å². The van der Waals surface area contributed by atoms with Crippen LogP contribution in [0, 0.1) is 0 Å². The molecule has 2 rings (SSSR count). The van der Waals surface area contributed by atoms with Crippen molar-refractivity contribution >= 4 is 10.9 Å². The van der Waals surface area contributed by atoms with Crippen LogP contribution in [0.5, 0.6) is 5.75 Å². The highest BCUT2D eigenvalue weighted by molar-refractivity contribution is 5.85. The molecule has 0 aliphatic carbocycles. The van der Waals surface area contributed by atoms with Gasteiger partial charge in [0.25, 0.3) is 0 Å². The second-order valence-corrected chi connectivity index (χ2v) is 4.88. The molecule has 4 heteroatoms. The largest absolute Gasteiger partial charge is 0.490 e. The minimum atomic E-state index is -0.443. The zero-order chi connectivity index (χ0) is 13.0. The number of rotatable bonds is 6. The molecule has 0 fully saturated rings. The number of aliphatic hydroxyl groups excluding tert-OH is 1. The Balaban J connectivity index is 1.91. The first-order valence-corrected chi connectivity index (χ1v) is 6.37. The first-order chi connectivity index (χ1) is 8.66. The number of quaternary nitrogens is 1. The van der Waals surface area contributed by atoms with E-state index < -0.39 is 6.10 Å². The van der Waals surface area contributed by atoms with Crippen molar-refractivity contribution in [1.29, 1.82) is 0 Å². The average molecular weight is 249 g/mol. The van der Waals surface area contributed by atoms with Gasteiger partial charge in [-0.3, -0.25) is 0 Å². The Morgan fingerprint density at radius 1 is 1.33 bits per heavy atom. The normalized spacial score (nSPS) is 13.1. The SMILES string of the molecule is CC(C)[NH2+]C[C@@H](O)COc1cccc2[nH]ccc12. The fraction of sp³-hybridized carbons (Fsp3) is 0.429. The van der Waals surface area contributed by atoms with Crippen molar-refractivity contribution < 1.29 is 15.2 Å². The number of nitrogens with two attached hydrogens (primary N) is 1. The van der Waals surface area contributed by atoms with E-state index in [-0.39, 0.29) is 0 Å². The maximum Gasteiger partial charge on any atom is 0.137 e. The van der Waals surface area contributed by atoms with E-state index in [1.54, 1.807) is 0 Å². The Kier molecular flexibility index (Phi) is 4.23. The summed E-state index contributed by atoms with van der Waals surface area (Å²) in [5.74, 6) is 0.817. The van der Waals surface area contributed by atoms with Crippen LogP contribution in [0.4, 0.5) is 0 Å². The maximum atomic E-state index is 9.82. The van der Waals surface area contributed by atoms with Gasteiger partial charge in [0.15, 0.2) is 0 Å². The van der Waals surface area contributed by atoms with Crippen LogP contribution in [0.2, 0.25) is 0 Å². The molecule has 2 aromatic rings. The summed E-state index contributed by atoms with van der Waals surface area (Å²) in [6.45, 7) is 5.20. The monoisotopic (exact) mass is 249 g/mol. The van der Waals surface area contributed by atoms with Crippen molar-refractivity contribution in [3.05, 3.63) is 30.5 Å². The van der Waals surface area contributed by atoms with Crippen LogP contribution in [-0.4, -0.2) is 35.4 Å². The fourth-order valence-corrected chi connectivity index (χ4v) is 1.87. The second kappa shape index (κ2) is 5.89. The van der Waals surface area contributed by atoms with E-state index >= 15 is 0 Å². The molecule has 0 saturated carbocycles. The standard InChI is InChI=1S/C14H20N2O2/c1-10(2)16-8-11(17)9-18-14-5-3-4-13-12(14)6-7-15-13/h3-7,10-11,15-17H,8-9H2,1-2H3/p+1/t11-/m1/s1. The molecule has 0 spiro atoms. The number of aliphatic hydroxyl groups is 1. The zero-order valence-electron chi connectivity index (χ0n) is 10.9. The molecule has 1 aromatic carbocycles. The minimum Gasteiger partial charge on any atom is -0.490 e. The molecule has 98 valence electrons. The van der Waals surface area contributed by atoms with Crippen LogP contribution >= 0.6 is 0 Å². The van der Waals surface area contributed by atoms with Gasteiger partial charge < -0.3 is 20.1 Å². The van der Waals surface area contributed by atoms with Crippen LogP contribution in [-0.2, 0) is 0 Å². The molecule has 0 aliphatic rings. The third-order valence-corrected chi connectivity index (χ3v) is 2.87. The average Bonchev–Trinajstić information content (AvgIpc) is 2.82. The molecule has 1 heterocycles. The Morgan fingerprint density at radius 3 is 2.94 bits per heavy atom. The van der Waals surface area contributed by atoms with Gasteiger partial charge in [0.1, 0.15) is 25.0 Å². The number of nitrogens with one attached hydrogen (secondary N) is 1. The smallest absolute Gasteiger partial charge is 0.137 e. The lowest BCUT2D eigenvalue weighted by Gasteiger charge is -2.13. The van der Waals surface area contributed by atoms with Crippen LogP contribution < -0.4 is 10.1 Å². The molecular weight excluding hydrogens is 228 g/mol. The summed E-state index contributed by atoms with van der Waals surface area (Å²) in [6.07, 6.45) is 1.45. The van der Waals surface area contributed by atoms with Crippen LogP contribution in [0.15, 0.2) is 30.5 Å². The van der Waals surface area contributed by atoms with Gasteiger partial charge >= 0.3 is 0 Å². The van der Waals surface area contributed by atoms with E-state index in [4.69, 9.17) is 4.74 Å². The van der Waals surface area contributed by atoms with Crippen LogP contribution in [0.25, 0.3) is 10.9 Å². The van der Waals surface area contributed by atoms with Crippen molar-refractivity contribution in [2.24, 2.45) is 0 Å². The predicted octanol–water partition coefficient (Wildman–Crippen LogP) is 0.879. The van der Waals surface area contributed by atoms with Crippen molar-refractivity contribution in [1.82, 2.24) is 4.98 Å². The number of aromatic nitrogens is 1. The summed E-state index contributed by atoms with van der Waals surface area (Å²) in [5, 5.41) is 13.0. The summed E-state index contributed by atoms with van der Waals surface area (Å²) in [7, 11) is 0. The van der Waals surface area contributed by atoms with Crippen LogP contribution in [0.3, 0.4) is 0 Å². The highest BCUT2D eigenvalue weighted by Crippen LogP contribution is 2.24. The van der Waals surface area contributed by atoms with Crippen molar-refractivity contribution in [2.45, 2.75) is 26.0 Å². The lowest BCUT2D eigenvalue weighted by molar-refractivity contribution is -0.688. The van der Waals surface area contributed by atoms with Crippen LogP contribution in [0.1, 0.15) is 13.8 Å². The number of hydrogen-bond donors (Lipinski definition) is 3. The summed E-state index contributed by atoms with van der Waals surface area (Å²) in [5.41, 5.74) is 1.05. The van der Waals surface area contributed by atoms with Gasteiger partial charge in [0.2, 0.25) is 0 Å². The van der Waals surface area contributed by atoms with E-state index in [1.807, 2.05) is 30.5 Å². The second-order valence-electron chi connectivity index (χ2n) is 4.88. The summed E-state index contributed by atoms with van der Waals surface area (Å²) < 4.78 is 5.68. The molecule has 0 saturated heterocycles. The Morgan fingerprint density at radius 2 is 2.17 bits per heavy atom. The number of fused-ring (bicyclic) bond motifs is 1. The zero-order valence-corrected chi connectivity index (χ0v) is 10.9. The first kappa shape index (κ1) is 12.9. The molecule has 0 aliphatic heterocycles. The van der Waals surface area contributed by atoms with E-state index in [1.165, 1.54) is 0 Å². The molecule has 0 radical (unpaired) electrons. The van der Waals surface area contributed by atoms with Crippen molar-refractivity contribution in [3.8, 4) is 5.75 Å². The molecule has 0 unspecified atom stereocenters. The van der Waals surface area contributed by atoms with E-state index in [0.29, 0.717) is 19.2 Å². The third kappa shape index (κ3) is 3.24. The van der Waals surface area contributed by atoms with Gasteiger partial charge in [0.05, 0.1) is 6.04 Å². The van der Waals surface area contributed by atoms with Gasteiger partial charge in [-0.05, 0) is 32.0 Å². The molecule has 1 aromatic heterocycles. The third-order valence-electron chi connectivity index (χ3n) is 2.87. The lowest BCUT2D eigenvalue weighted by atomic mass is 10.2. The van der Waals surface area contributed by atoms with Gasteiger partial charge in [-0.15, -0.1) is 0 Å². The highest BCUT2D eigenvalue weighted by atomic mass is 16.5. The van der Waals surface area contributed by atoms with Gasteiger partial charge in [-0.25, -0.2) is 0 Å². The number of H-pyrrole nitrogens is 1. The van der Waals surface area contributed by atoms with Gasteiger partial charge in [-0.1, -0.05) is 6.07 Å². The van der Waals surface area contributed by atoms with E-state index in [9.17, 15) is 5.11 Å². The maximum absolute atomic E-state index is 9.82. The van der Waals surface area contributed by atoms with Crippen molar-refractivity contribution in [3.63, 3.8) is 0 Å². The number of aromatic amines is 1. The molecule has 18 heavy (non-hydrogen) atoms. The lowest BCUT2D eigenvalue weighted by Crippen LogP contribution is -2.90.